The molecule has 0 unspecified atom stereocenters. The Morgan fingerprint density at radius 3 is 2.68 bits per heavy atom. The summed E-state index contributed by atoms with van der Waals surface area (Å²) in [5.74, 6) is 5.30. The summed E-state index contributed by atoms with van der Waals surface area (Å²) in [4.78, 5) is 14.1. The van der Waals surface area contributed by atoms with Gasteiger partial charge >= 0.3 is 0 Å². The summed E-state index contributed by atoms with van der Waals surface area (Å²) < 4.78 is 0. The number of hydrogen-bond acceptors (Lipinski definition) is 4. The van der Waals surface area contributed by atoms with Crippen molar-refractivity contribution in [2.75, 3.05) is 25.1 Å². The van der Waals surface area contributed by atoms with Gasteiger partial charge in [-0.25, -0.2) is 0 Å². The molecule has 0 bridgehead atoms. The molecule has 4 N–H and O–H groups in total. The Bertz CT molecular complexity index is 421. The van der Waals surface area contributed by atoms with Crippen molar-refractivity contribution < 1.29 is 9.90 Å². The van der Waals surface area contributed by atoms with Gasteiger partial charge in [-0.3, -0.25) is 10.6 Å². The summed E-state index contributed by atoms with van der Waals surface area (Å²) in [5.41, 5.74) is 4.86. The van der Waals surface area contributed by atoms with Crippen LogP contribution >= 0.6 is 0 Å². The highest BCUT2D eigenvalue weighted by Crippen LogP contribution is 2.16. The van der Waals surface area contributed by atoms with E-state index >= 15 is 0 Å². The molecule has 19 heavy (non-hydrogen) atoms. The summed E-state index contributed by atoms with van der Waals surface area (Å²) in [6, 6.07) is 5.38. The van der Waals surface area contributed by atoms with E-state index in [1.807, 2.05) is 13.0 Å². The van der Waals surface area contributed by atoms with Gasteiger partial charge in [0.1, 0.15) is 0 Å². The average molecular weight is 265 g/mol. The zero-order valence-electron chi connectivity index (χ0n) is 11.6. The predicted octanol–water partition coefficient (Wildman–Crippen LogP) is 1.52. The number of nitrogens with zero attached hydrogens (tertiary/aromatic N) is 1. The van der Waals surface area contributed by atoms with Gasteiger partial charge in [0.25, 0.3) is 5.91 Å². The molecule has 0 aliphatic carbocycles. The minimum absolute atomic E-state index is 0.0169. The predicted molar refractivity (Wildman–Crippen MR) is 76.9 cm³/mol. The lowest BCUT2D eigenvalue weighted by atomic mass is 10.1. The molecule has 0 aromatic heterocycles. The summed E-state index contributed by atoms with van der Waals surface area (Å²) in [6.45, 7) is 4.98. The largest absolute Gasteiger partial charge is 0.395 e. The number of nitrogens with one attached hydrogen (secondary N) is 1. The number of aliphatic hydroxyl groups is 1. The van der Waals surface area contributed by atoms with Gasteiger partial charge in [-0.15, -0.1) is 0 Å². The number of hydrazine groups is 1. The van der Waals surface area contributed by atoms with Crippen LogP contribution in [0.4, 0.5) is 5.69 Å². The fraction of sp³-hybridized carbons (Fsp3) is 0.500. The normalized spacial score (nSPS) is 10.3. The van der Waals surface area contributed by atoms with Crippen LogP contribution in [0.2, 0.25) is 0 Å². The number of nitrogens with two attached hydrogens (primary N) is 1. The number of carbonyl (C=O) groups excluding carboxylic acids is 1. The third kappa shape index (κ3) is 4.22. The van der Waals surface area contributed by atoms with Crippen LogP contribution in [0.3, 0.4) is 0 Å². The Morgan fingerprint density at radius 1 is 1.42 bits per heavy atom. The van der Waals surface area contributed by atoms with E-state index in [-0.39, 0.29) is 12.5 Å². The summed E-state index contributed by atoms with van der Waals surface area (Å²) >= 11 is 0. The molecule has 0 fully saturated rings. The van der Waals surface area contributed by atoms with Crippen LogP contribution in [0, 0.1) is 6.92 Å². The molecule has 0 saturated heterocycles. The van der Waals surface area contributed by atoms with Gasteiger partial charge in [-0.1, -0.05) is 13.3 Å². The number of amides is 1. The Hall–Kier alpha value is -1.59. The maximum absolute atomic E-state index is 12.4. The van der Waals surface area contributed by atoms with Crippen molar-refractivity contribution in [3.63, 3.8) is 0 Å². The molecule has 1 rings (SSSR count). The lowest BCUT2D eigenvalue weighted by Crippen LogP contribution is -2.34. The number of anilines is 1. The van der Waals surface area contributed by atoms with Gasteiger partial charge in [-0.05, 0) is 37.1 Å². The van der Waals surface area contributed by atoms with Crippen LogP contribution in [0.25, 0.3) is 0 Å². The van der Waals surface area contributed by atoms with Crippen LogP contribution in [0.1, 0.15) is 35.7 Å². The van der Waals surface area contributed by atoms with Gasteiger partial charge < -0.3 is 15.4 Å². The van der Waals surface area contributed by atoms with Gasteiger partial charge in [0.15, 0.2) is 0 Å². The smallest absolute Gasteiger partial charge is 0.254 e. The third-order valence-corrected chi connectivity index (χ3v) is 3.06. The topological polar surface area (TPSA) is 78.6 Å². The minimum atomic E-state index is -0.0384. The molecule has 0 aliphatic heterocycles. The molecule has 1 aromatic carbocycles. The SMILES string of the molecule is CCCCN(CCO)C(=O)c1ccc(NN)cc1C. The lowest BCUT2D eigenvalue weighted by molar-refractivity contribution is 0.0718. The maximum Gasteiger partial charge on any atom is 0.254 e. The molecule has 106 valence electrons. The third-order valence-electron chi connectivity index (χ3n) is 3.06. The molecule has 0 radical (unpaired) electrons. The first-order valence-electron chi connectivity index (χ1n) is 6.61. The number of rotatable bonds is 7. The monoisotopic (exact) mass is 265 g/mol. The maximum atomic E-state index is 12.4. The molecule has 1 aromatic rings. The molecule has 0 heterocycles. The second-order valence-electron chi connectivity index (χ2n) is 4.54. The highest BCUT2D eigenvalue weighted by Gasteiger charge is 2.16. The number of benzene rings is 1. The molecule has 0 aliphatic rings. The molecule has 1 amide bonds. The summed E-state index contributed by atoms with van der Waals surface area (Å²) in [6.07, 6.45) is 1.96. The first-order chi connectivity index (χ1) is 9.13. The van der Waals surface area contributed by atoms with E-state index in [0.717, 1.165) is 24.1 Å². The Labute approximate surface area is 114 Å². The zero-order chi connectivity index (χ0) is 14.3. The highest BCUT2D eigenvalue weighted by molar-refractivity contribution is 5.96. The summed E-state index contributed by atoms with van der Waals surface area (Å²) in [7, 11) is 0. The molecule has 5 nitrogen and oxygen atoms in total. The second kappa shape index (κ2) is 7.76. The number of unbranched alkanes of at least 4 members (excludes halogenated alkanes) is 1. The second-order valence-corrected chi connectivity index (χ2v) is 4.54. The van der Waals surface area contributed by atoms with Crippen molar-refractivity contribution in [2.24, 2.45) is 5.84 Å². The molecular formula is C14H23N3O2. The van der Waals surface area contributed by atoms with Crippen LogP contribution in [0.5, 0.6) is 0 Å². The van der Waals surface area contributed by atoms with Crippen molar-refractivity contribution >= 4 is 11.6 Å². The number of nitrogen functional groups attached to an aromatic ring is 1. The van der Waals surface area contributed by atoms with E-state index in [1.165, 1.54) is 0 Å². The molecule has 0 spiro atoms. The Morgan fingerprint density at radius 2 is 2.16 bits per heavy atom. The van der Waals surface area contributed by atoms with Gasteiger partial charge in [-0.2, -0.15) is 0 Å². The van der Waals surface area contributed by atoms with Gasteiger partial charge in [0.2, 0.25) is 0 Å². The Balaban J connectivity index is 2.89. The van der Waals surface area contributed by atoms with Crippen molar-refractivity contribution in [1.29, 1.82) is 0 Å². The van der Waals surface area contributed by atoms with Crippen LogP contribution in [-0.2, 0) is 0 Å². The van der Waals surface area contributed by atoms with Crippen LogP contribution < -0.4 is 11.3 Å². The van der Waals surface area contributed by atoms with Crippen LogP contribution in [0.15, 0.2) is 18.2 Å². The van der Waals surface area contributed by atoms with Crippen molar-refractivity contribution in [3.05, 3.63) is 29.3 Å². The lowest BCUT2D eigenvalue weighted by Gasteiger charge is -2.22. The fourth-order valence-electron chi connectivity index (χ4n) is 1.95. The van der Waals surface area contributed by atoms with Gasteiger partial charge in [0.05, 0.1) is 6.61 Å². The van der Waals surface area contributed by atoms with Crippen LogP contribution in [-0.4, -0.2) is 35.6 Å². The van der Waals surface area contributed by atoms with E-state index in [2.05, 4.69) is 12.3 Å². The number of hydrogen-bond donors (Lipinski definition) is 3. The first-order valence-corrected chi connectivity index (χ1v) is 6.61. The van der Waals surface area contributed by atoms with Crippen molar-refractivity contribution in [2.45, 2.75) is 26.7 Å². The number of carbonyl (C=O) groups is 1. The number of aryl methyl sites for hydroxylation is 1. The van der Waals surface area contributed by atoms with E-state index < -0.39 is 0 Å². The van der Waals surface area contributed by atoms with E-state index in [1.54, 1.807) is 17.0 Å². The standard InChI is InChI=1S/C14H23N3O2/c1-3-4-7-17(8-9-18)14(19)13-6-5-12(16-15)10-11(13)2/h5-6,10,16,18H,3-4,7-9,15H2,1-2H3. The quantitative estimate of drug-likeness (QED) is 0.516. The first kappa shape index (κ1) is 15.5. The van der Waals surface area contributed by atoms with Crippen molar-refractivity contribution in [3.8, 4) is 0 Å². The van der Waals surface area contributed by atoms with E-state index in [4.69, 9.17) is 10.9 Å². The summed E-state index contributed by atoms with van der Waals surface area (Å²) in [5, 5.41) is 9.06. The van der Waals surface area contributed by atoms with Gasteiger partial charge in [0, 0.05) is 24.3 Å². The van der Waals surface area contributed by atoms with E-state index in [9.17, 15) is 4.79 Å². The average Bonchev–Trinajstić information content (AvgIpc) is 2.42. The Kier molecular flexibility index (Phi) is 6.32. The molecule has 0 saturated carbocycles. The minimum Gasteiger partial charge on any atom is -0.395 e. The molecular weight excluding hydrogens is 242 g/mol. The highest BCUT2D eigenvalue weighted by atomic mass is 16.3. The number of aliphatic hydroxyl groups excluding tert-OH is 1. The molecule has 0 atom stereocenters. The zero-order valence-corrected chi connectivity index (χ0v) is 11.6. The fourth-order valence-corrected chi connectivity index (χ4v) is 1.95. The molecule has 5 heteroatoms. The van der Waals surface area contributed by atoms with E-state index in [0.29, 0.717) is 18.7 Å². The van der Waals surface area contributed by atoms with Crippen molar-refractivity contribution in [1.82, 2.24) is 4.90 Å².